The Kier molecular flexibility index (Phi) is 4.84. The van der Waals surface area contributed by atoms with Gasteiger partial charge < -0.3 is 0 Å². The standard InChI is InChI=1S/C5H7S/c1-2-3-4-5-6/h4-5H2,1H3. The van der Waals surface area contributed by atoms with Gasteiger partial charge in [0, 0.05) is 12.2 Å². The lowest BCUT2D eigenvalue weighted by molar-refractivity contribution is 1.31. The van der Waals surface area contributed by atoms with Crippen LogP contribution in [0.1, 0.15) is 13.3 Å². The molecule has 1 heteroatoms. The molecule has 0 aliphatic heterocycles. The van der Waals surface area contributed by atoms with Crippen molar-refractivity contribution >= 4 is 12.6 Å². The van der Waals surface area contributed by atoms with Crippen LogP contribution in [0, 0.1) is 11.8 Å². The Labute approximate surface area is 44.4 Å². The molecule has 0 aromatic carbocycles. The van der Waals surface area contributed by atoms with Crippen LogP contribution in [0.15, 0.2) is 0 Å². The van der Waals surface area contributed by atoms with Gasteiger partial charge in [0.2, 0.25) is 0 Å². The maximum atomic E-state index is 4.61. The van der Waals surface area contributed by atoms with Crippen molar-refractivity contribution in [3.05, 3.63) is 0 Å². The fourth-order valence-electron chi connectivity index (χ4n) is 0.176. The second kappa shape index (κ2) is 4.91. The Morgan fingerprint density at radius 1 is 1.67 bits per heavy atom. The average molecular weight is 99.2 g/mol. The molecule has 0 bridgehead atoms. The summed E-state index contributed by atoms with van der Waals surface area (Å²) in [4.78, 5) is 0. The van der Waals surface area contributed by atoms with Crippen molar-refractivity contribution in [2.24, 2.45) is 0 Å². The molecule has 0 rings (SSSR count). The molecule has 0 N–H and O–H groups in total. The van der Waals surface area contributed by atoms with Gasteiger partial charge in [0.05, 0.1) is 0 Å². The van der Waals surface area contributed by atoms with Crippen molar-refractivity contribution in [3.63, 3.8) is 0 Å². The highest BCUT2D eigenvalue weighted by Crippen LogP contribution is 1.76. The molecule has 6 heavy (non-hydrogen) atoms. The van der Waals surface area contributed by atoms with Crippen LogP contribution in [0.4, 0.5) is 0 Å². The zero-order valence-electron chi connectivity index (χ0n) is 3.82. The van der Waals surface area contributed by atoms with E-state index in [2.05, 4.69) is 24.5 Å². The zero-order chi connectivity index (χ0) is 4.83. The van der Waals surface area contributed by atoms with Crippen molar-refractivity contribution < 1.29 is 0 Å². The molecule has 0 fully saturated rings. The summed E-state index contributed by atoms with van der Waals surface area (Å²) in [7, 11) is 0. The molecular formula is C5H7S. The Morgan fingerprint density at radius 2 is 2.33 bits per heavy atom. The number of hydrogen-bond acceptors (Lipinski definition) is 0. The van der Waals surface area contributed by atoms with Crippen LogP contribution in [-0.2, 0) is 0 Å². The minimum Gasteiger partial charge on any atom is -0.107 e. The first-order valence-electron chi connectivity index (χ1n) is 1.89. The summed E-state index contributed by atoms with van der Waals surface area (Å²) in [5.74, 6) is 6.36. The Bertz CT molecular complexity index is 65.7. The molecular weight excluding hydrogens is 92.1 g/mol. The van der Waals surface area contributed by atoms with Gasteiger partial charge >= 0.3 is 0 Å². The van der Waals surface area contributed by atoms with E-state index in [1.165, 1.54) is 0 Å². The van der Waals surface area contributed by atoms with Gasteiger partial charge in [0.15, 0.2) is 0 Å². The molecule has 0 saturated carbocycles. The van der Waals surface area contributed by atoms with E-state index in [1.54, 1.807) is 0 Å². The van der Waals surface area contributed by atoms with Crippen molar-refractivity contribution in [1.82, 2.24) is 0 Å². The third-order valence-corrected chi connectivity index (χ3v) is 0.608. The van der Waals surface area contributed by atoms with Gasteiger partial charge in [-0.3, -0.25) is 0 Å². The van der Waals surface area contributed by atoms with E-state index in [4.69, 9.17) is 0 Å². The first kappa shape index (κ1) is 5.91. The lowest BCUT2D eigenvalue weighted by atomic mass is 10.5. The summed E-state index contributed by atoms with van der Waals surface area (Å²) >= 11 is 4.61. The van der Waals surface area contributed by atoms with Gasteiger partial charge in [-0.05, 0) is 6.92 Å². The molecule has 0 aromatic heterocycles. The lowest BCUT2D eigenvalue weighted by Crippen LogP contribution is -1.63. The lowest BCUT2D eigenvalue weighted by Gasteiger charge is -1.70. The third kappa shape index (κ3) is 3.91. The van der Waals surface area contributed by atoms with Crippen molar-refractivity contribution in [2.75, 3.05) is 5.75 Å². The molecule has 0 nitrogen and oxygen atoms in total. The van der Waals surface area contributed by atoms with E-state index in [1.807, 2.05) is 6.92 Å². The van der Waals surface area contributed by atoms with E-state index in [0.717, 1.165) is 12.2 Å². The molecule has 0 aliphatic rings. The normalized spacial score (nSPS) is 6.33. The molecule has 0 heterocycles. The minimum absolute atomic E-state index is 0.765. The van der Waals surface area contributed by atoms with E-state index in [-0.39, 0.29) is 0 Å². The fourth-order valence-corrected chi connectivity index (χ4v) is 0.278. The summed E-state index contributed by atoms with van der Waals surface area (Å²) in [6.45, 7) is 1.82. The first-order chi connectivity index (χ1) is 2.91. The Morgan fingerprint density at radius 3 is 2.50 bits per heavy atom. The number of hydrogen-bond donors (Lipinski definition) is 0. The first-order valence-corrected chi connectivity index (χ1v) is 2.47. The van der Waals surface area contributed by atoms with E-state index < -0.39 is 0 Å². The predicted molar refractivity (Wildman–Crippen MR) is 30.5 cm³/mol. The molecule has 1 radical (unpaired) electrons. The fraction of sp³-hybridized carbons (Fsp3) is 0.600. The summed E-state index contributed by atoms with van der Waals surface area (Å²) < 4.78 is 0. The molecule has 0 aromatic rings. The van der Waals surface area contributed by atoms with Crippen LogP contribution in [0.5, 0.6) is 0 Å². The highest BCUT2D eigenvalue weighted by atomic mass is 32.1. The summed E-state index contributed by atoms with van der Waals surface area (Å²) in [6.07, 6.45) is 0.867. The van der Waals surface area contributed by atoms with E-state index in [9.17, 15) is 0 Å². The van der Waals surface area contributed by atoms with Crippen molar-refractivity contribution in [1.29, 1.82) is 0 Å². The zero-order valence-corrected chi connectivity index (χ0v) is 4.64. The highest BCUT2D eigenvalue weighted by Gasteiger charge is 1.65. The minimum atomic E-state index is 0.765. The van der Waals surface area contributed by atoms with Gasteiger partial charge in [0.1, 0.15) is 0 Å². The Balaban J connectivity index is 2.79. The molecule has 0 atom stereocenters. The smallest absolute Gasteiger partial charge is 0.0188 e. The van der Waals surface area contributed by atoms with Crippen LogP contribution in [0.2, 0.25) is 0 Å². The van der Waals surface area contributed by atoms with Crippen LogP contribution in [0.3, 0.4) is 0 Å². The largest absolute Gasteiger partial charge is 0.107 e. The Hall–Kier alpha value is -0.0900. The molecule has 0 amide bonds. The quantitative estimate of drug-likeness (QED) is 0.438. The van der Waals surface area contributed by atoms with Crippen LogP contribution in [-0.4, -0.2) is 5.75 Å². The summed E-state index contributed by atoms with van der Waals surface area (Å²) in [6, 6.07) is 0. The highest BCUT2D eigenvalue weighted by molar-refractivity contribution is 7.80. The van der Waals surface area contributed by atoms with Gasteiger partial charge in [-0.2, -0.15) is 0 Å². The predicted octanol–water partition coefficient (Wildman–Crippen LogP) is 1.60. The van der Waals surface area contributed by atoms with Crippen LogP contribution in [0.25, 0.3) is 0 Å². The topological polar surface area (TPSA) is 0 Å². The number of rotatable bonds is 1. The maximum Gasteiger partial charge on any atom is 0.0188 e. The van der Waals surface area contributed by atoms with Gasteiger partial charge in [-0.15, -0.1) is 11.8 Å². The van der Waals surface area contributed by atoms with E-state index in [0.29, 0.717) is 0 Å². The average Bonchev–Trinajstić information content (AvgIpc) is 1.61. The van der Waals surface area contributed by atoms with Gasteiger partial charge in [0.25, 0.3) is 0 Å². The third-order valence-electron chi connectivity index (χ3n) is 0.404. The molecule has 0 unspecified atom stereocenters. The second-order valence-corrected chi connectivity index (χ2v) is 1.29. The van der Waals surface area contributed by atoms with Crippen LogP contribution < -0.4 is 0 Å². The maximum absolute atomic E-state index is 4.61. The summed E-state index contributed by atoms with van der Waals surface area (Å²) in [5, 5.41) is 0. The molecule has 0 aliphatic carbocycles. The van der Waals surface area contributed by atoms with Crippen LogP contribution >= 0.6 is 12.6 Å². The van der Waals surface area contributed by atoms with Gasteiger partial charge in [-0.25, -0.2) is 0 Å². The van der Waals surface area contributed by atoms with Crippen molar-refractivity contribution in [3.8, 4) is 11.8 Å². The van der Waals surface area contributed by atoms with Gasteiger partial charge in [-0.1, -0.05) is 12.6 Å². The molecule has 33 valence electrons. The van der Waals surface area contributed by atoms with Crippen molar-refractivity contribution in [2.45, 2.75) is 13.3 Å². The molecule has 0 saturated heterocycles. The van der Waals surface area contributed by atoms with E-state index >= 15 is 0 Å². The molecule has 0 spiro atoms. The second-order valence-electron chi connectivity index (χ2n) is 0.881. The summed E-state index contributed by atoms with van der Waals surface area (Å²) in [5.41, 5.74) is 0. The SMILES string of the molecule is CC#CCC[S]. The monoisotopic (exact) mass is 99.0 g/mol.